The molecular weight excluding hydrogens is 446 g/mol. The van der Waals surface area contributed by atoms with E-state index in [9.17, 15) is 14.4 Å². The Hall–Kier alpha value is -2.15. The van der Waals surface area contributed by atoms with Crippen LogP contribution in [0.1, 0.15) is 101 Å². The summed E-state index contributed by atoms with van der Waals surface area (Å²) in [5.74, 6) is 0.294. The van der Waals surface area contributed by atoms with E-state index in [0.717, 1.165) is 51.4 Å². The van der Waals surface area contributed by atoms with Crippen molar-refractivity contribution >= 4 is 34.4 Å². The lowest BCUT2D eigenvalue weighted by atomic mass is 9.92. The van der Waals surface area contributed by atoms with Crippen molar-refractivity contribution in [2.75, 3.05) is 5.75 Å². The molecule has 1 N–H and O–H groups in total. The molecule has 1 amide bonds. The third kappa shape index (κ3) is 5.73. The highest BCUT2D eigenvalue weighted by molar-refractivity contribution is 7.99. The molecule has 34 heavy (non-hydrogen) atoms. The highest BCUT2D eigenvalue weighted by Gasteiger charge is 2.26. The molecule has 6 nitrogen and oxygen atoms in total. The van der Waals surface area contributed by atoms with Gasteiger partial charge in [-0.3, -0.25) is 19.0 Å². The average Bonchev–Trinajstić information content (AvgIpc) is 2.82. The molecule has 1 aromatic carbocycles. The van der Waals surface area contributed by atoms with Crippen LogP contribution >= 0.6 is 11.8 Å². The molecule has 0 atom stereocenters. The van der Waals surface area contributed by atoms with E-state index < -0.39 is 5.41 Å². The average molecular weight is 484 g/mol. The van der Waals surface area contributed by atoms with Crippen molar-refractivity contribution < 1.29 is 9.59 Å². The molecule has 2 aliphatic carbocycles. The Morgan fingerprint density at radius 2 is 1.68 bits per heavy atom. The molecule has 0 saturated heterocycles. The summed E-state index contributed by atoms with van der Waals surface area (Å²) in [7, 11) is 0. The van der Waals surface area contributed by atoms with E-state index in [-0.39, 0.29) is 35.1 Å². The van der Waals surface area contributed by atoms with Gasteiger partial charge in [-0.2, -0.15) is 0 Å². The van der Waals surface area contributed by atoms with E-state index in [1.54, 1.807) is 18.2 Å². The maximum absolute atomic E-state index is 13.6. The molecular formula is C27H37N3O3S. The predicted octanol–water partition coefficient (Wildman–Crippen LogP) is 5.67. The van der Waals surface area contributed by atoms with Gasteiger partial charge in [-0.15, -0.1) is 0 Å². The van der Waals surface area contributed by atoms with Crippen LogP contribution in [0.3, 0.4) is 0 Å². The van der Waals surface area contributed by atoms with Crippen LogP contribution in [0.5, 0.6) is 0 Å². The number of benzene rings is 1. The van der Waals surface area contributed by atoms with E-state index >= 15 is 0 Å². The number of thioether (sulfide) groups is 1. The molecule has 0 aliphatic heterocycles. The van der Waals surface area contributed by atoms with E-state index in [1.807, 2.05) is 25.3 Å². The molecule has 4 rings (SSSR count). The number of amides is 1. The zero-order valence-electron chi connectivity index (χ0n) is 20.7. The number of nitrogens with zero attached hydrogens (tertiary/aromatic N) is 2. The zero-order valence-corrected chi connectivity index (χ0v) is 21.5. The largest absolute Gasteiger partial charge is 0.349 e. The number of hydrogen-bond acceptors (Lipinski definition) is 5. The van der Waals surface area contributed by atoms with Crippen LogP contribution in [0.4, 0.5) is 0 Å². The fourth-order valence-corrected chi connectivity index (χ4v) is 6.17. The third-order valence-electron chi connectivity index (χ3n) is 7.18. The summed E-state index contributed by atoms with van der Waals surface area (Å²) in [6.07, 6.45) is 10.9. The van der Waals surface area contributed by atoms with Crippen LogP contribution < -0.4 is 10.9 Å². The van der Waals surface area contributed by atoms with Gasteiger partial charge >= 0.3 is 0 Å². The Bertz CT molecular complexity index is 1110. The first-order chi connectivity index (χ1) is 16.2. The number of ketones is 1. The fourth-order valence-electron chi connectivity index (χ4n) is 4.95. The van der Waals surface area contributed by atoms with Gasteiger partial charge in [0.05, 0.1) is 16.7 Å². The molecule has 2 aromatic rings. The molecule has 2 saturated carbocycles. The first-order valence-electron chi connectivity index (χ1n) is 12.8. The Kier molecular flexibility index (Phi) is 7.80. The Balaban J connectivity index is 1.67. The molecule has 0 radical (unpaired) electrons. The van der Waals surface area contributed by atoms with Gasteiger partial charge in [-0.25, -0.2) is 4.98 Å². The number of aromatic nitrogens is 2. The minimum Gasteiger partial charge on any atom is -0.349 e. The highest BCUT2D eigenvalue weighted by atomic mass is 32.2. The quantitative estimate of drug-likeness (QED) is 0.423. The monoisotopic (exact) mass is 483 g/mol. The van der Waals surface area contributed by atoms with Gasteiger partial charge in [-0.1, -0.05) is 71.1 Å². The highest BCUT2D eigenvalue weighted by Crippen LogP contribution is 2.32. The van der Waals surface area contributed by atoms with Gasteiger partial charge in [0.15, 0.2) is 5.16 Å². The molecule has 0 spiro atoms. The van der Waals surface area contributed by atoms with E-state index in [1.165, 1.54) is 24.6 Å². The third-order valence-corrected chi connectivity index (χ3v) is 8.13. The van der Waals surface area contributed by atoms with Crippen molar-refractivity contribution in [2.24, 2.45) is 5.41 Å². The lowest BCUT2D eigenvalue weighted by molar-refractivity contribution is -0.123. The molecule has 2 aliphatic rings. The van der Waals surface area contributed by atoms with Crippen LogP contribution in [0.2, 0.25) is 0 Å². The van der Waals surface area contributed by atoms with Crippen LogP contribution in [0.25, 0.3) is 10.9 Å². The van der Waals surface area contributed by atoms with Gasteiger partial charge in [0, 0.05) is 23.1 Å². The van der Waals surface area contributed by atoms with Crippen LogP contribution in [-0.4, -0.2) is 33.0 Å². The number of carbonyl (C=O) groups is 2. The lowest BCUT2D eigenvalue weighted by Crippen LogP contribution is -2.36. The summed E-state index contributed by atoms with van der Waals surface area (Å²) in [5.41, 5.74) is 0.549. The topological polar surface area (TPSA) is 81.1 Å². The van der Waals surface area contributed by atoms with E-state index in [2.05, 4.69) is 5.32 Å². The molecule has 0 unspecified atom stereocenters. The van der Waals surface area contributed by atoms with Gasteiger partial charge in [-0.05, 0) is 43.9 Å². The molecule has 184 valence electrons. The second kappa shape index (κ2) is 10.6. The summed E-state index contributed by atoms with van der Waals surface area (Å²) in [6.45, 7) is 5.74. The van der Waals surface area contributed by atoms with Crippen LogP contribution in [0.15, 0.2) is 28.2 Å². The summed E-state index contributed by atoms with van der Waals surface area (Å²) in [5, 5.41) is 4.27. The number of hydrogen-bond donors (Lipinski definition) is 1. The fraction of sp³-hybridized carbons (Fsp3) is 0.630. The molecule has 1 aromatic heterocycles. The first kappa shape index (κ1) is 25.0. The summed E-state index contributed by atoms with van der Waals surface area (Å²) in [4.78, 5) is 44.0. The maximum Gasteiger partial charge on any atom is 0.262 e. The molecule has 1 heterocycles. The van der Waals surface area contributed by atoms with Crippen molar-refractivity contribution in [3.05, 3.63) is 34.1 Å². The predicted molar refractivity (Wildman–Crippen MR) is 138 cm³/mol. The normalized spacial score (nSPS) is 18.2. The lowest BCUT2D eigenvalue weighted by Gasteiger charge is -2.26. The smallest absolute Gasteiger partial charge is 0.262 e. The summed E-state index contributed by atoms with van der Waals surface area (Å²) in [6, 6.07) is 5.55. The Morgan fingerprint density at radius 3 is 2.32 bits per heavy atom. The van der Waals surface area contributed by atoms with Crippen molar-refractivity contribution in [1.29, 1.82) is 0 Å². The second-order valence-electron chi connectivity index (χ2n) is 10.9. The Morgan fingerprint density at radius 1 is 1.03 bits per heavy atom. The van der Waals surface area contributed by atoms with Crippen LogP contribution in [-0.2, 0) is 4.79 Å². The maximum atomic E-state index is 13.6. The number of nitrogens with one attached hydrogen (secondary N) is 1. The summed E-state index contributed by atoms with van der Waals surface area (Å²) < 4.78 is 1.82. The number of rotatable bonds is 6. The van der Waals surface area contributed by atoms with Gasteiger partial charge < -0.3 is 5.32 Å². The van der Waals surface area contributed by atoms with Gasteiger partial charge in [0.2, 0.25) is 0 Å². The second-order valence-corrected chi connectivity index (χ2v) is 11.8. The zero-order chi connectivity index (χ0) is 24.3. The standard InChI is InChI=1S/C27H37N3O3S/c1-27(2,3)23(31)17-34-26-29-22-16-18(24(32)28-19-10-6-4-7-11-19)14-15-21(22)25(33)30(26)20-12-8-5-9-13-20/h14-16,19-20H,4-13,17H2,1-3H3,(H,28,32). The minimum absolute atomic E-state index is 0.0677. The van der Waals surface area contributed by atoms with Crippen molar-refractivity contribution in [2.45, 2.75) is 102 Å². The van der Waals surface area contributed by atoms with E-state index in [4.69, 9.17) is 4.98 Å². The van der Waals surface area contributed by atoms with Crippen LogP contribution in [0, 0.1) is 5.41 Å². The van der Waals surface area contributed by atoms with Gasteiger partial charge in [0.1, 0.15) is 5.78 Å². The summed E-state index contributed by atoms with van der Waals surface area (Å²) >= 11 is 1.35. The molecule has 2 fully saturated rings. The Labute approximate surface area is 206 Å². The molecule has 7 heteroatoms. The van der Waals surface area contributed by atoms with E-state index in [0.29, 0.717) is 21.6 Å². The van der Waals surface area contributed by atoms with Crippen molar-refractivity contribution in [3.63, 3.8) is 0 Å². The number of Topliss-reactive ketones (excluding diaryl/α,β-unsaturated/α-hetero) is 1. The number of carbonyl (C=O) groups excluding carboxylic acids is 2. The molecule has 0 bridgehead atoms. The number of fused-ring (bicyclic) bond motifs is 1. The SMILES string of the molecule is CC(C)(C)C(=O)CSc1nc2cc(C(=O)NC3CCCCC3)ccc2c(=O)n1C1CCCCC1. The first-order valence-corrected chi connectivity index (χ1v) is 13.8. The van der Waals surface area contributed by atoms with Gasteiger partial charge in [0.25, 0.3) is 11.5 Å². The van der Waals surface area contributed by atoms with Crippen molar-refractivity contribution in [3.8, 4) is 0 Å². The minimum atomic E-state index is -0.440. The van der Waals surface area contributed by atoms with Crippen molar-refractivity contribution in [1.82, 2.24) is 14.9 Å².